The van der Waals surface area contributed by atoms with E-state index < -0.39 is 0 Å². The molecule has 94 valence electrons. The predicted octanol–water partition coefficient (Wildman–Crippen LogP) is 1.98. The van der Waals surface area contributed by atoms with Gasteiger partial charge in [0, 0.05) is 19.0 Å². The van der Waals surface area contributed by atoms with E-state index in [0.717, 1.165) is 5.56 Å². The highest BCUT2D eigenvalue weighted by atomic mass is 79.9. The monoisotopic (exact) mass is 302 g/mol. The van der Waals surface area contributed by atoms with Crippen molar-refractivity contribution >= 4 is 21.8 Å². The first-order valence-corrected chi connectivity index (χ1v) is 6.24. The van der Waals surface area contributed by atoms with E-state index in [0.29, 0.717) is 23.9 Å². The summed E-state index contributed by atoms with van der Waals surface area (Å²) in [5, 5.41) is 2.77. The number of hydrogen-bond acceptors (Lipinski definition) is 2. The van der Waals surface area contributed by atoms with Crippen LogP contribution in [0.3, 0.4) is 0 Å². The second-order valence-electron chi connectivity index (χ2n) is 4.03. The van der Waals surface area contributed by atoms with Crippen molar-refractivity contribution in [1.29, 1.82) is 0 Å². The standard InChI is InChI=1S/C12H16BrFN2O/c1-8(15)6-12(17)16-5-4-9-2-3-11(14)10(13)7-9/h2-3,7-8H,4-6,15H2,1H3,(H,16,17). The van der Waals surface area contributed by atoms with E-state index >= 15 is 0 Å². The first-order valence-electron chi connectivity index (χ1n) is 5.45. The predicted molar refractivity (Wildman–Crippen MR) is 69.1 cm³/mol. The normalized spacial score (nSPS) is 12.2. The third-order valence-corrected chi connectivity index (χ3v) is 2.83. The molecule has 0 radical (unpaired) electrons. The number of hydrogen-bond donors (Lipinski definition) is 2. The second kappa shape index (κ2) is 6.71. The van der Waals surface area contributed by atoms with Crippen LogP contribution in [0.25, 0.3) is 0 Å². The summed E-state index contributed by atoms with van der Waals surface area (Å²) in [5.41, 5.74) is 6.48. The lowest BCUT2D eigenvalue weighted by Gasteiger charge is -2.07. The Morgan fingerprint density at radius 3 is 2.88 bits per heavy atom. The third-order valence-electron chi connectivity index (χ3n) is 2.23. The highest BCUT2D eigenvalue weighted by molar-refractivity contribution is 9.10. The maximum atomic E-state index is 13.0. The minimum Gasteiger partial charge on any atom is -0.356 e. The van der Waals surface area contributed by atoms with Crippen molar-refractivity contribution < 1.29 is 9.18 Å². The molecule has 0 spiro atoms. The minimum atomic E-state index is -0.283. The third kappa shape index (κ3) is 5.28. The number of halogens is 2. The molecule has 1 aromatic rings. The lowest BCUT2D eigenvalue weighted by atomic mass is 10.1. The van der Waals surface area contributed by atoms with Crippen molar-refractivity contribution in [2.75, 3.05) is 6.54 Å². The molecule has 1 unspecified atom stereocenters. The molecule has 1 aromatic carbocycles. The van der Waals surface area contributed by atoms with Crippen LogP contribution in [0.1, 0.15) is 18.9 Å². The molecule has 1 atom stereocenters. The van der Waals surface area contributed by atoms with E-state index in [2.05, 4.69) is 21.2 Å². The number of benzene rings is 1. The van der Waals surface area contributed by atoms with E-state index in [4.69, 9.17) is 5.73 Å². The van der Waals surface area contributed by atoms with Crippen LogP contribution in [0.15, 0.2) is 22.7 Å². The first-order chi connectivity index (χ1) is 7.99. The summed E-state index contributed by atoms with van der Waals surface area (Å²) in [6.07, 6.45) is 0.997. The highest BCUT2D eigenvalue weighted by Crippen LogP contribution is 2.16. The van der Waals surface area contributed by atoms with Crippen LogP contribution in [-0.2, 0) is 11.2 Å². The van der Waals surface area contributed by atoms with Gasteiger partial charge in [0.2, 0.25) is 5.91 Å². The summed E-state index contributed by atoms with van der Waals surface area (Å²) in [6, 6.07) is 4.70. The van der Waals surface area contributed by atoms with Gasteiger partial charge in [-0.1, -0.05) is 6.07 Å². The molecule has 0 saturated heterocycles. The molecule has 0 aliphatic carbocycles. The van der Waals surface area contributed by atoms with Gasteiger partial charge < -0.3 is 11.1 Å². The van der Waals surface area contributed by atoms with Gasteiger partial charge in [0.05, 0.1) is 4.47 Å². The summed E-state index contributed by atoms with van der Waals surface area (Å²) < 4.78 is 13.4. The van der Waals surface area contributed by atoms with Crippen LogP contribution in [-0.4, -0.2) is 18.5 Å². The fraction of sp³-hybridized carbons (Fsp3) is 0.417. The van der Waals surface area contributed by atoms with Crippen molar-refractivity contribution in [3.05, 3.63) is 34.1 Å². The number of amides is 1. The largest absolute Gasteiger partial charge is 0.356 e. The van der Waals surface area contributed by atoms with Gasteiger partial charge >= 0.3 is 0 Å². The molecule has 5 heteroatoms. The molecule has 0 heterocycles. The fourth-order valence-electron chi connectivity index (χ4n) is 1.41. The Hall–Kier alpha value is -0.940. The lowest BCUT2D eigenvalue weighted by molar-refractivity contribution is -0.121. The van der Waals surface area contributed by atoms with E-state index in [9.17, 15) is 9.18 Å². The number of nitrogens with two attached hydrogens (primary N) is 1. The van der Waals surface area contributed by atoms with Gasteiger partial charge in [-0.3, -0.25) is 4.79 Å². The zero-order valence-electron chi connectivity index (χ0n) is 9.67. The van der Waals surface area contributed by atoms with Crippen LogP contribution in [0.5, 0.6) is 0 Å². The molecule has 0 fully saturated rings. The molecular formula is C12H16BrFN2O. The fourth-order valence-corrected chi connectivity index (χ4v) is 1.83. The van der Waals surface area contributed by atoms with Crippen LogP contribution in [0.4, 0.5) is 4.39 Å². The summed E-state index contributed by atoms with van der Waals surface area (Å²) in [4.78, 5) is 11.3. The molecule has 0 aromatic heterocycles. The molecule has 0 aliphatic rings. The highest BCUT2D eigenvalue weighted by Gasteiger charge is 2.05. The summed E-state index contributed by atoms with van der Waals surface area (Å²) in [5.74, 6) is -0.337. The van der Waals surface area contributed by atoms with E-state index in [1.807, 2.05) is 0 Å². The quantitative estimate of drug-likeness (QED) is 0.874. The molecule has 1 amide bonds. The zero-order chi connectivity index (χ0) is 12.8. The summed E-state index contributed by atoms with van der Waals surface area (Å²) >= 11 is 3.12. The van der Waals surface area contributed by atoms with Crippen molar-refractivity contribution in [3.63, 3.8) is 0 Å². The van der Waals surface area contributed by atoms with Crippen molar-refractivity contribution in [3.8, 4) is 0 Å². The number of carbonyl (C=O) groups excluding carboxylic acids is 1. The number of carbonyl (C=O) groups is 1. The Balaban J connectivity index is 2.36. The van der Waals surface area contributed by atoms with Gasteiger partial charge in [0.1, 0.15) is 5.82 Å². The average Bonchev–Trinajstić information content (AvgIpc) is 2.22. The molecular weight excluding hydrogens is 287 g/mol. The van der Waals surface area contributed by atoms with Crippen LogP contribution in [0, 0.1) is 5.82 Å². The van der Waals surface area contributed by atoms with E-state index in [1.165, 1.54) is 6.07 Å². The Morgan fingerprint density at radius 1 is 1.59 bits per heavy atom. The first kappa shape index (κ1) is 14.1. The Labute approximate surface area is 109 Å². The SMILES string of the molecule is CC(N)CC(=O)NCCc1ccc(F)c(Br)c1. The average molecular weight is 303 g/mol. The second-order valence-corrected chi connectivity index (χ2v) is 4.88. The van der Waals surface area contributed by atoms with Crippen molar-refractivity contribution in [1.82, 2.24) is 5.32 Å². The van der Waals surface area contributed by atoms with Crippen molar-refractivity contribution in [2.24, 2.45) is 5.73 Å². The maximum absolute atomic E-state index is 13.0. The van der Waals surface area contributed by atoms with Crippen LogP contribution in [0.2, 0.25) is 0 Å². The van der Waals surface area contributed by atoms with Gasteiger partial charge in [0.25, 0.3) is 0 Å². The van der Waals surface area contributed by atoms with Gasteiger partial charge in [-0.15, -0.1) is 0 Å². The number of rotatable bonds is 5. The minimum absolute atomic E-state index is 0.0545. The molecule has 0 saturated carbocycles. The summed E-state index contributed by atoms with van der Waals surface area (Å²) in [6.45, 7) is 2.32. The van der Waals surface area contributed by atoms with Crippen molar-refractivity contribution in [2.45, 2.75) is 25.8 Å². The topological polar surface area (TPSA) is 55.1 Å². The van der Waals surface area contributed by atoms with Gasteiger partial charge in [0.15, 0.2) is 0 Å². The lowest BCUT2D eigenvalue weighted by Crippen LogP contribution is -2.31. The van der Waals surface area contributed by atoms with Crippen LogP contribution < -0.4 is 11.1 Å². The van der Waals surface area contributed by atoms with Gasteiger partial charge in [-0.25, -0.2) is 4.39 Å². The van der Waals surface area contributed by atoms with Crippen LogP contribution >= 0.6 is 15.9 Å². The smallest absolute Gasteiger partial charge is 0.221 e. The zero-order valence-corrected chi connectivity index (χ0v) is 11.3. The van der Waals surface area contributed by atoms with Gasteiger partial charge in [-0.05, 0) is 47.0 Å². The Kier molecular flexibility index (Phi) is 5.58. The molecule has 17 heavy (non-hydrogen) atoms. The Morgan fingerprint density at radius 2 is 2.29 bits per heavy atom. The molecule has 0 bridgehead atoms. The molecule has 0 aliphatic heterocycles. The molecule has 3 N–H and O–H groups in total. The molecule has 3 nitrogen and oxygen atoms in total. The maximum Gasteiger partial charge on any atom is 0.221 e. The van der Waals surface area contributed by atoms with E-state index in [1.54, 1.807) is 19.1 Å². The van der Waals surface area contributed by atoms with Gasteiger partial charge in [-0.2, -0.15) is 0 Å². The molecule has 1 rings (SSSR count). The Bertz CT molecular complexity index is 396. The summed E-state index contributed by atoms with van der Waals surface area (Å²) in [7, 11) is 0. The number of nitrogens with one attached hydrogen (secondary N) is 1. The van der Waals surface area contributed by atoms with E-state index in [-0.39, 0.29) is 17.8 Å².